The SMILES string of the molecule is O=C(Cc1c(-c2cccc(Br)c2)c2cc(CN3CCN(c4ccccc4)CC3)c(Cl)cc2oc1=O)Nc1ccc(F)cc1C(F)(F)F. The van der Waals surface area contributed by atoms with Gasteiger partial charge in [-0.25, -0.2) is 9.18 Å². The van der Waals surface area contributed by atoms with Gasteiger partial charge in [-0.15, -0.1) is 0 Å². The fourth-order valence-corrected chi connectivity index (χ4v) is 6.43. The van der Waals surface area contributed by atoms with E-state index in [9.17, 15) is 27.2 Å². The normalized spacial score (nSPS) is 14.0. The predicted molar refractivity (Wildman–Crippen MR) is 178 cm³/mol. The molecule has 0 unspecified atom stereocenters. The van der Waals surface area contributed by atoms with Crippen LogP contribution in [0.3, 0.4) is 0 Å². The van der Waals surface area contributed by atoms with Gasteiger partial charge in [-0.05, 0) is 59.7 Å². The van der Waals surface area contributed by atoms with Crippen molar-refractivity contribution in [2.24, 2.45) is 0 Å². The van der Waals surface area contributed by atoms with Gasteiger partial charge < -0.3 is 14.6 Å². The number of amides is 1. The summed E-state index contributed by atoms with van der Waals surface area (Å²) in [4.78, 5) is 31.2. The second-order valence-corrected chi connectivity index (χ2v) is 12.5. The molecule has 1 aliphatic heterocycles. The Morgan fingerprint density at radius 1 is 0.936 bits per heavy atom. The molecule has 1 amide bonds. The van der Waals surface area contributed by atoms with Crippen LogP contribution in [0.2, 0.25) is 5.02 Å². The van der Waals surface area contributed by atoms with Gasteiger partial charge in [-0.1, -0.05) is 57.9 Å². The number of para-hydroxylation sites is 1. The van der Waals surface area contributed by atoms with Crippen molar-refractivity contribution in [2.45, 2.75) is 19.1 Å². The molecule has 6 nitrogen and oxygen atoms in total. The zero-order valence-corrected chi connectivity index (χ0v) is 27.1. The molecule has 12 heteroatoms. The van der Waals surface area contributed by atoms with Crippen molar-refractivity contribution in [3.63, 3.8) is 0 Å². The van der Waals surface area contributed by atoms with Crippen molar-refractivity contribution in [3.8, 4) is 11.1 Å². The molecule has 1 aromatic heterocycles. The summed E-state index contributed by atoms with van der Waals surface area (Å²) in [6.45, 7) is 3.77. The number of fused-ring (bicyclic) bond motifs is 1. The molecule has 6 rings (SSSR count). The summed E-state index contributed by atoms with van der Waals surface area (Å²) in [7, 11) is 0. The summed E-state index contributed by atoms with van der Waals surface area (Å²) in [5.74, 6) is -2.01. The highest BCUT2D eigenvalue weighted by Crippen LogP contribution is 2.37. The zero-order valence-electron chi connectivity index (χ0n) is 24.7. The number of anilines is 2. The minimum atomic E-state index is -4.92. The maximum Gasteiger partial charge on any atom is 0.418 e. The number of carbonyl (C=O) groups excluding carboxylic acids is 1. The minimum Gasteiger partial charge on any atom is -0.422 e. The van der Waals surface area contributed by atoms with Crippen LogP contribution in [0.4, 0.5) is 28.9 Å². The van der Waals surface area contributed by atoms with Gasteiger partial charge in [-0.3, -0.25) is 9.69 Å². The van der Waals surface area contributed by atoms with Crippen LogP contribution in [0.25, 0.3) is 22.1 Å². The minimum absolute atomic E-state index is 0.0477. The number of piperazine rings is 1. The van der Waals surface area contributed by atoms with E-state index in [2.05, 4.69) is 43.2 Å². The second-order valence-electron chi connectivity index (χ2n) is 11.2. The molecule has 1 aliphatic rings. The predicted octanol–water partition coefficient (Wildman–Crippen LogP) is 8.54. The van der Waals surface area contributed by atoms with E-state index in [1.807, 2.05) is 24.3 Å². The average molecular weight is 729 g/mol. The highest BCUT2D eigenvalue weighted by Gasteiger charge is 2.34. The lowest BCUT2D eigenvalue weighted by Crippen LogP contribution is -2.46. The van der Waals surface area contributed by atoms with Crippen LogP contribution in [-0.2, 0) is 23.9 Å². The van der Waals surface area contributed by atoms with E-state index in [1.54, 1.807) is 30.3 Å². The third kappa shape index (κ3) is 7.37. The standard InChI is InChI=1S/C35H27BrClF4N3O3/c36-23-6-4-5-21(15-23)33-26-16-22(20-43-11-13-44(14-12-43)25-7-2-1-3-8-25)29(37)19-31(26)47-34(46)27(33)18-32(45)42-30-10-9-24(38)17-28(30)35(39,40)41/h1-10,15-17,19H,11-14,18,20H2,(H,42,45). The third-order valence-electron chi connectivity index (χ3n) is 8.07. The maximum atomic E-state index is 13.6. The van der Waals surface area contributed by atoms with E-state index >= 15 is 0 Å². The number of hydrogen-bond donors (Lipinski definition) is 1. The van der Waals surface area contributed by atoms with Crippen LogP contribution < -0.4 is 15.8 Å². The van der Waals surface area contributed by atoms with Gasteiger partial charge in [0, 0.05) is 64.9 Å². The van der Waals surface area contributed by atoms with Gasteiger partial charge in [0.1, 0.15) is 11.4 Å². The molecule has 0 spiro atoms. The van der Waals surface area contributed by atoms with Crippen molar-refractivity contribution in [1.82, 2.24) is 4.90 Å². The second kappa shape index (κ2) is 13.5. The monoisotopic (exact) mass is 727 g/mol. The topological polar surface area (TPSA) is 65.8 Å². The number of nitrogens with one attached hydrogen (secondary N) is 1. The number of benzene rings is 4. The van der Waals surface area contributed by atoms with Gasteiger partial charge in [0.25, 0.3) is 0 Å². The van der Waals surface area contributed by atoms with Gasteiger partial charge in [0.15, 0.2) is 0 Å². The summed E-state index contributed by atoms with van der Waals surface area (Å²) in [6.07, 6.45) is -5.52. The Hall–Kier alpha value is -4.19. The molecule has 1 fully saturated rings. The van der Waals surface area contributed by atoms with Crippen molar-refractivity contribution in [2.75, 3.05) is 36.4 Å². The van der Waals surface area contributed by atoms with E-state index in [0.717, 1.165) is 49.6 Å². The molecule has 0 saturated carbocycles. The average Bonchev–Trinajstić information content (AvgIpc) is 3.03. The molecular weight excluding hydrogens is 702 g/mol. The highest BCUT2D eigenvalue weighted by molar-refractivity contribution is 9.10. The fraction of sp³-hybridized carbons (Fsp3) is 0.200. The highest BCUT2D eigenvalue weighted by atomic mass is 79.9. The van der Waals surface area contributed by atoms with Crippen molar-refractivity contribution in [1.29, 1.82) is 0 Å². The van der Waals surface area contributed by atoms with Gasteiger partial charge >= 0.3 is 11.8 Å². The van der Waals surface area contributed by atoms with Crippen LogP contribution in [0.15, 0.2) is 98.6 Å². The number of rotatable bonds is 7. The lowest BCUT2D eigenvalue weighted by atomic mass is 9.94. The van der Waals surface area contributed by atoms with Crippen LogP contribution >= 0.6 is 27.5 Å². The fourth-order valence-electron chi connectivity index (χ4n) is 5.82. The van der Waals surface area contributed by atoms with Crippen molar-refractivity contribution in [3.05, 3.63) is 127 Å². The first-order valence-electron chi connectivity index (χ1n) is 14.7. The van der Waals surface area contributed by atoms with Crippen molar-refractivity contribution < 1.29 is 26.8 Å². The van der Waals surface area contributed by atoms with E-state index in [1.165, 1.54) is 0 Å². The molecule has 0 radical (unpaired) electrons. The summed E-state index contributed by atoms with van der Waals surface area (Å²) >= 11 is 10.2. The number of carbonyl (C=O) groups is 1. The van der Waals surface area contributed by atoms with Crippen LogP contribution in [-0.4, -0.2) is 37.0 Å². The Morgan fingerprint density at radius 2 is 1.68 bits per heavy atom. The molecule has 0 atom stereocenters. The Morgan fingerprint density at radius 3 is 2.38 bits per heavy atom. The molecule has 4 aromatic carbocycles. The first-order chi connectivity index (χ1) is 22.5. The van der Waals surface area contributed by atoms with Crippen LogP contribution in [0.1, 0.15) is 16.7 Å². The first-order valence-corrected chi connectivity index (χ1v) is 15.9. The Bertz CT molecular complexity index is 2010. The van der Waals surface area contributed by atoms with E-state index in [-0.39, 0.29) is 11.1 Å². The maximum absolute atomic E-state index is 13.6. The van der Waals surface area contributed by atoms with Gasteiger partial charge in [0.05, 0.1) is 23.2 Å². The molecule has 5 aromatic rings. The molecule has 1 N–H and O–H groups in total. The molecule has 2 heterocycles. The molecule has 47 heavy (non-hydrogen) atoms. The number of halogens is 6. The van der Waals surface area contributed by atoms with E-state index in [0.29, 0.717) is 38.6 Å². The van der Waals surface area contributed by atoms with Gasteiger partial charge in [0.2, 0.25) is 5.91 Å². The molecule has 0 aliphatic carbocycles. The smallest absolute Gasteiger partial charge is 0.418 e. The number of nitrogens with zero attached hydrogens (tertiary/aromatic N) is 2. The largest absolute Gasteiger partial charge is 0.422 e. The number of hydrogen-bond acceptors (Lipinski definition) is 5. The van der Waals surface area contributed by atoms with Crippen LogP contribution in [0, 0.1) is 5.82 Å². The molecule has 0 bridgehead atoms. The molecule has 1 saturated heterocycles. The zero-order chi connectivity index (χ0) is 33.3. The summed E-state index contributed by atoms with van der Waals surface area (Å²) in [5, 5.41) is 3.13. The summed E-state index contributed by atoms with van der Waals surface area (Å²) < 4.78 is 60.8. The first kappa shape index (κ1) is 32.7. The molecule has 242 valence electrons. The lowest BCUT2D eigenvalue weighted by Gasteiger charge is -2.36. The Kier molecular flexibility index (Phi) is 9.41. The van der Waals surface area contributed by atoms with E-state index in [4.69, 9.17) is 16.0 Å². The number of alkyl halides is 3. The van der Waals surface area contributed by atoms with Crippen molar-refractivity contribution >= 4 is 55.8 Å². The quantitative estimate of drug-likeness (QED) is 0.135. The van der Waals surface area contributed by atoms with E-state index < -0.39 is 41.2 Å². The van der Waals surface area contributed by atoms with Gasteiger partial charge in [-0.2, -0.15) is 13.2 Å². The summed E-state index contributed by atoms with van der Waals surface area (Å²) in [5.41, 5.74) is 0.287. The summed E-state index contributed by atoms with van der Waals surface area (Å²) in [6, 6.07) is 22.6. The van der Waals surface area contributed by atoms with Crippen LogP contribution in [0.5, 0.6) is 0 Å². The molecular formula is C35H27BrClF4N3O3. The Labute approximate surface area is 280 Å². The Balaban J connectivity index is 1.35. The third-order valence-corrected chi connectivity index (χ3v) is 8.91. The lowest BCUT2D eigenvalue weighted by molar-refractivity contribution is -0.137.